The molecule has 0 saturated heterocycles. The number of aliphatic carboxylic acids is 3. The van der Waals surface area contributed by atoms with Crippen molar-refractivity contribution in [3.05, 3.63) is 0 Å². The van der Waals surface area contributed by atoms with Crippen molar-refractivity contribution in [2.24, 2.45) is 0 Å². The van der Waals surface area contributed by atoms with Gasteiger partial charge in [-0.05, 0) is 6.42 Å². The van der Waals surface area contributed by atoms with Crippen LogP contribution < -0.4 is 5.32 Å². The Balaban J connectivity index is 4.49. The smallest absolute Gasteiger partial charge is 0.322 e. The van der Waals surface area contributed by atoms with Gasteiger partial charge >= 0.3 is 23.9 Å². The Morgan fingerprint density at radius 3 is 1.40 bits per heavy atom. The fraction of sp³-hybridized carbons (Fsp3) is 0.815. The quantitative estimate of drug-likeness (QED) is 0.0830. The molecule has 13 nitrogen and oxygen atoms in total. The molecule has 232 valence electrons. The van der Waals surface area contributed by atoms with Gasteiger partial charge in [0, 0.05) is 39.6 Å². The second-order valence-electron chi connectivity index (χ2n) is 10.00. The van der Waals surface area contributed by atoms with Gasteiger partial charge in [-0.3, -0.25) is 33.8 Å². The number of carbonyl (C=O) groups excluding carboxylic acids is 2. The van der Waals surface area contributed by atoms with Gasteiger partial charge in [-0.25, -0.2) is 0 Å². The number of hydroxylamine groups is 2. The number of hydrogen-bond acceptors (Lipinski definition) is 9. The number of carboxylic acids is 3. The molecular weight excluding hydrogens is 524 g/mol. The molecule has 0 atom stereocenters. The summed E-state index contributed by atoms with van der Waals surface area (Å²) in [5.74, 6) is -4.47. The van der Waals surface area contributed by atoms with Crippen LogP contribution in [-0.4, -0.2) is 119 Å². The summed E-state index contributed by atoms with van der Waals surface area (Å²) in [6.07, 6.45) is 13.2. The lowest BCUT2D eigenvalue weighted by Crippen LogP contribution is -2.46. The van der Waals surface area contributed by atoms with Crippen molar-refractivity contribution in [1.82, 2.24) is 20.2 Å². The van der Waals surface area contributed by atoms with Crippen LogP contribution in [0.4, 0.5) is 0 Å². The Labute approximate surface area is 237 Å². The van der Waals surface area contributed by atoms with E-state index in [1.165, 1.54) is 68.3 Å². The van der Waals surface area contributed by atoms with Crippen LogP contribution in [0.15, 0.2) is 0 Å². The molecule has 0 aromatic carbocycles. The summed E-state index contributed by atoms with van der Waals surface area (Å²) < 4.78 is 0. The minimum absolute atomic E-state index is 0.00783. The summed E-state index contributed by atoms with van der Waals surface area (Å²) in [7, 11) is 0. The molecule has 13 heteroatoms. The number of carboxylic acid groups (broad SMARTS) is 3. The van der Waals surface area contributed by atoms with Gasteiger partial charge in [-0.2, -0.15) is 0 Å². The average Bonchev–Trinajstić information content (AvgIpc) is 2.84. The summed E-state index contributed by atoms with van der Waals surface area (Å²) >= 11 is 0. The number of hydrogen-bond donors (Lipinski definition) is 4. The van der Waals surface area contributed by atoms with Gasteiger partial charge in [0.25, 0.3) is 0 Å². The highest BCUT2D eigenvalue weighted by atomic mass is 16.7. The predicted molar refractivity (Wildman–Crippen MR) is 149 cm³/mol. The van der Waals surface area contributed by atoms with Gasteiger partial charge in [0.15, 0.2) is 0 Å². The van der Waals surface area contributed by atoms with Crippen LogP contribution >= 0.6 is 0 Å². The van der Waals surface area contributed by atoms with Crippen LogP contribution in [0.25, 0.3) is 0 Å². The van der Waals surface area contributed by atoms with E-state index in [1.54, 1.807) is 0 Å². The van der Waals surface area contributed by atoms with E-state index >= 15 is 0 Å². The molecule has 0 rings (SSSR count). The Hall–Kier alpha value is -2.77. The van der Waals surface area contributed by atoms with Gasteiger partial charge < -0.3 is 25.5 Å². The second kappa shape index (κ2) is 24.1. The van der Waals surface area contributed by atoms with Gasteiger partial charge in [-0.1, -0.05) is 71.1 Å². The number of nitrogens with zero attached hydrogens (tertiary/aromatic N) is 3. The lowest BCUT2D eigenvalue weighted by molar-refractivity contribution is -0.190. The van der Waals surface area contributed by atoms with Crippen LogP contribution in [0.5, 0.6) is 0 Å². The maximum absolute atomic E-state index is 12.4. The van der Waals surface area contributed by atoms with E-state index in [0.29, 0.717) is 6.54 Å². The van der Waals surface area contributed by atoms with E-state index in [1.807, 2.05) is 0 Å². The normalized spacial score (nSPS) is 11.2. The van der Waals surface area contributed by atoms with Crippen molar-refractivity contribution >= 4 is 29.8 Å². The minimum Gasteiger partial charge on any atom is -0.480 e. The van der Waals surface area contributed by atoms with Crippen LogP contribution in [0.1, 0.15) is 84.5 Å². The van der Waals surface area contributed by atoms with Gasteiger partial charge in [0.2, 0.25) is 5.91 Å². The molecule has 0 aromatic rings. The number of carbonyl (C=O) groups is 5. The van der Waals surface area contributed by atoms with Gasteiger partial charge in [-0.15, -0.1) is 5.06 Å². The molecular formula is C27H50N4O9. The third-order valence-electron chi connectivity index (χ3n) is 6.14. The van der Waals surface area contributed by atoms with E-state index in [-0.39, 0.29) is 38.6 Å². The Morgan fingerprint density at radius 2 is 1.00 bits per heavy atom. The molecule has 0 saturated carbocycles. The van der Waals surface area contributed by atoms with Crippen molar-refractivity contribution in [2.75, 3.05) is 58.9 Å². The largest absolute Gasteiger partial charge is 0.480 e. The first-order valence-electron chi connectivity index (χ1n) is 14.3. The SMILES string of the molecule is CCCCCCCCCCCCCNC(=O)CN(CCN(CCN(CC(=O)O)CC(=O)O)OC(C)=O)CC(=O)O. The molecule has 0 heterocycles. The van der Waals surface area contributed by atoms with Crippen molar-refractivity contribution in [2.45, 2.75) is 84.5 Å². The highest BCUT2D eigenvalue weighted by molar-refractivity contribution is 5.79. The number of nitrogens with one attached hydrogen (secondary N) is 1. The van der Waals surface area contributed by atoms with Crippen molar-refractivity contribution in [1.29, 1.82) is 0 Å². The molecule has 40 heavy (non-hydrogen) atoms. The fourth-order valence-electron chi connectivity index (χ4n) is 4.17. The summed E-state index contributed by atoms with van der Waals surface area (Å²) in [4.78, 5) is 64.9. The van der Waals surface area contributed by atoms with E-state index in [0.717, 1.165) is 24.2 Å². The molecule has 0 bridgehead atoms. The highest BCUT2D eigenvalue weighted by Crippen LogP contribution is 2.11. The molecule has 0 radical (unpaired) electrons. The van der Waals surface area contributed by atoms with E-state index in [4.69, 9.17) is 15.1 Å². The molecule has 1 amide bonds. The topological polar surface area (TPSA) is 177 Å². The van der Waals surface area contributed by atoms with Crippen LogP contribution in [0.2, 0.25) is 0 Å². The van der Waals surface area contributed by atoms with Crippen LogP contribution in [0.3, 0.4) is 0 Å². The third-order valence-corrected chi connectivity index (χ3v) is 6.14. The maximum Gasteiger partial charge on any atom is 0.322 e. The second-order valence-corrected chi connectivity index (χ2v) is 10.00. The Bertz CT molecular complexity index is 736. The maximum atomic E-state index is 12.4. The molecule has 0 aliphatic carbocycles. The van der Waals surface area contributed by atoms with E-state index < -0.39 is 43.5 Å². The van der Waals surface area contributed by atoms with Gasteiger partial charge in [0.05, 0.1) is 26.2 Å². The molecule has 0 spiro atoms. The zero-order valence-electron chi connectivity index (χ0n) is 24.3. The lowest BCUT2D eigenvalue weighted by atomic mass is 10.1. The standard InChI is InChI=1S/C27H50N4O9/c1-3-4-5-6-7-8-9-10-11-12-13-14-28-24(33)19-29(20-25(34)35)15-17-31(40-23(2)32)18-16-30(21-26(36)37)22-27(38)39/h3-22H2,1-2H3,(H,28,33)(H,34,35)(H,36,37)(H,38,39). The molecule has 4 N–H and O–H groups in total. The summed E-state index contributed by atoms with van der Waals surface area (Å²) in [6, 6.07) is 0. The fourth-order valence-corrected chi connectivity index (χ4v) is 4.17. The number of unbranched alkanes of at least 4 members (excludes halogenated alkanes) is 10. The van der Waals surface area contributed by atoms with Crippen molar-refractivity contribution in [3.63, 3.8) is 0 Å². The molecule has 0 unspecified atom stereocenters. The first-order valence-corrected chi connectivity index (χ1v) is 14.3. The number of amides is 1. The first kappa shape index (κ1) is 37.2. The lowest BCUT2D eigenvalue weighted by Gasteiger charge is -2.27. The third kappa shape index (κ3) is 24.3. The summed E-state index contributed by atoms with van der Waals surface area (Å²) in [5, 5.41) is 31.2. The van der Waals surface area contributed by atoms with Crippen molar-refractivity contribution in [3.8, 4) is 0 Å². The predicted octanol–water partition coefficient (Wildman–Crippen LogP) is 2.05. The van der Waals surface area contributed by atoms with E-state index in [9.17, 15) is 29.1 Å². The van der Waals surface area contributed by atoms with E-state index in [2.05, 4.69) is 12.2 Å². The first-order chi connectivity index (χ1) is 19.0. The monoisotopic (exact) mass is 574 g/mol. The average molecular weight is 575 g/mol. The van der Waals surface area contributed by atoms with Gasteiger partial charge in [0.1, 0.15) is 0 Å². The van der Waals surface area contributed by atoms with Crippen LogP contribution in [0, 0.1) is 0 Å². The zero-order valence-corrected chi connectivity index (χ0v) is 24.3. The summed E-state index contributed by atoms with van der Waals surface area (Å²) in [6.45, 7) is 2.41. The molecule has 0 fully saturated rings. The highest BCUT2D eigenvalue weighted by Gasteiger charge is 2.19. The van der Waals surface area contributed by atoms with Crippen molar-refractivity contribution < 1.29 is 44.1 Å². The minimum atomic E-state index is -1.20. The molecule has 0 aromatic heterocycles. The molecule has 0 aliphatic heterocycles. The Morgan fingerprint density at radius 1 is 0.600 bits per heavy atom. The Kier molecular flexibility index (Phi) is 22.4. The number of rotatable bonds is 27. The zero-order chi connectivity index (χ0) is 30.2. The summed E-state index contributed by atoms with van der Waals surface area (Å²) in [5.41, 5.74) is 0. The van der Waals surface area contributed by atoms with Crippen LogP contribution in [-0.2, 0) is 28.8 Å². The molecule has 0 aliphatic rings.